The first-order valence-electron chi connectivity index (χ1n) is 13.7. The summed E-state index contributed by atoms with van der Waals surface area (Å²) in [6, 6.07) is 17.4. The summed E-state index contributed by atoms with van der Waals surface area (Å²) in [6.45, 7) is 0.583. The molecule has 2 aromatic carbocycles. The molecule has 0 aliphatic carbocycles. The highest BCUT2D eigenvalue weighted by molar-refractivity contribution is 7.90. The zero-order valence-electron chi connectivity index (χ0n) is 23.8. The van der Waals surface area contributed by atoms with Crippen LogP contribution in [0.4, 0.5) is 30.4 Å². The minimum absolute atomic E-state index is 0.0993. The number of nitrogens with one attached hydrogen (secondary N) is 2. The maximum absolute atomic E-state index is 13.6. The second kappa shape index (κ2) is 12.5. The highest BCUT2D eigenvalue weighted by Gasteiger charge is 2.30. The van der Waals surface area contributed by atoms with Crippen LogP contribution in [-0.4, -0.2) is 63.2 Å². The number of piperidine rings is 1. The summed E-state index contributed by atoms with van der Waals surface area (Å²) in [5, 5.41) is 7.28. The number of halogens is 3. The molecule has 0 unspecified atom stereocenters. The molecule has 2 aromatic heterocycles. The number of ether oxygens (including phenoxy) is 1. The van der Waals surface area contributed by atoms with E-state index < -0.39 is 22.6 Å². The van der Waals surface area contributed by atoms with Crippen molar-refractivity contribution in [2.45, 2.75) is 36.5 Å². The van der Waals surface area contributed by atoms with Crippen molar-refractivity contribution in [3.63, 3.8) is 0 Å². The van der Waals surface area contributed by atoms with E-state index in [0.717, 1.165) is 43.7 Å². The van der Waals surface area contributed by atoms with Gasteiger partial charge in [0.15, 0.2) is 9.84 Å². The van der Waals surface area contributed by atoms with E-state index in [1.54, 1.807) is 30.5 Å². The number of pyridine rings is 1. The van der Waals surface area contributed by atoms with E-state index in [1.807, 2.05) is 24.3 Å². The molecule has 0 bridgehead atoms. The van der Waals surface area contributed by atoms with E-state index >= 15 is 0 Å². The lowest BCUT2D eigenvalue weighted by molar-refractivity contribution is -0.140. The molecular weight excluding hydrogens is 579 g/mol. The maximum atomic E-state index is 13.6. The Hall–Kier alpha value is -4.37. The zero-order valence-corrected chi connectivity index (χ0v) is 24.6. The van der Waals surface area contributed by atoms with Crippen LogP contribution in [0.2, 0.25) is 0 Å². The molecular formula is C31H32F3N5O3S. The van der Waals surface area contributed by atoms with Crippen LogP contribution in [-0.2, 0) is 16.4 Å². The average Bonchev–Trinajstić information content (AvgIpc) is 3.32. The zero-order chi connectivity index (χ0) is 30.6. The van der Waals surface area contributed by atoms with Crippen LogP contribution in [0, 0.1) is 11.8 Å². The number of aromatic nitrogens is 2. The van der Waals surface area contributed by atoms with Crippen LogP contribution in [0.1, 0.15) is 18.5 Å². The van der Waals surface area contributed by atoms with Crippen molar-refractivity contribution in [3.8, 4) is 17.6 Å². The Labute approximate surface area is 248 Å². The number of benzene rings is 2. The molecule has 8 nitrogen and oxygen atoms in total. The molecule has 1 aliphatic rings. The summed E-state index contributed by atoms with van der Waals surface area (Å²) < 4.78 is 71.1. The van der Waals surface area contributed by atoms with E-state index in [-0.39, 0.29) is 23.2 Å². The minimum Gasteiger partial charge on any atom is -0.495 e. The molecule has 4 aromatic rings. The number of alkyl halides is 3. The van der Waals surface area contributed by atoms with Crippen molar-refractivity contribution in [2.75, 3.05) is 48.5 Å². The van der Waals surface area contributed by atoms with E-state index in [2.05, 4.69) is 32.4 Å². The topological polar surface area (TPSA) is 88.5 Å². The van der Waals surface area contributed by atoms with Gasteiger partial charge in [-0.2, -0.15) is 13.2 Å². The third-order valence-corrected chi connectivity index (χ3v) is 8.41. The monoisotopic (exact) mass is 611 g/mol. The number of rotatable bonds is 8. The van der Waals surface area contributed by atoms with Crippen LogP contribution < -0.4 is 20.3 Å². The van der Waals surface area contributed by atoms with Gasteiger partial charge < -0.3 is 24.8 Å². The Balaban J connectivity index is 1.35. The molecule has 43 heavy (non-hydrogen) atoms. The SMILES string of the molecule is COc1cc(S(C)(=O)=O)ccc1NCC#Cc1cc2c(NC3CCN(c4ccccn4)CC3)cccc2n1CC(F)(F)F. The van der Waals surface area contributed by atoms with Gasteiger partial charge in [-0.25, -0.2) is 13.4 Å². The molecule has 12 heteroatoms. The first kappa shape index (κ1) is 30.1. The molecule has 0 radical (unpaired) electrons. The molecule has 0 amide bonds. The van der Waals surface area contributed by atoms with Crippen molar-refractivity contribution < 1.29 is 26.3 Å². The number of fused-ring (bicyclic) bond motifs is 1. The normalized spacial score (nSPS) is 14.3. The number of hydrogen-bond donors (Lipinski definition) is 2. The minimum atomic E-state index is -4.43. The summed E-state index contributed by atoms with van der Waals surface area (Å²) in [5.74, 6) is 7.05. The van der Waals surface area contributed by atoms with Gasteiger partial charge in [0.2, 0.25) is 0 Å². The van der Waals surface area contributed by atoms with Gasteiger partial charge in [-0.05, 0) is 61.2 Å². The van der Waals surface area contributed by atoms with E-state index in [4.69, 9.17) is 4.74 Å². The van der Waals surface area contributed by atoms with Gasteiger partial charge in [0.05, 0.1) is 35.4 Å². The third-order valence-electron chi connectivity index (χ3n) is 7.30. The highest BCUT2D eigenvalue weighted by atomic mass is 32.2. The average molecular weight is 612 g/mol. The molecule has 0 saturated carbocycles. The van der Waals surface area contributed by atoms with Gasteiger partial charge in [0.1, 0.15) is 18.1 Å². The van der Waals surface area contributed by atoms with Crippen LogP contribution >= 0.6 is 0 Å². The van der Waals surface area contributed by atoms with E-state index in [1.165, 1.54) is 23.8 Å². The summed E-state index contributed by atoms with van der Waals surface area (Å²) in [7, 11) is -1.99. The van der Waals surface area contributed by atoms with Crippen LogP contribution in [0.3, 0.4) is 0 Å². The molecule has 1 aliphatic heterocycles. The van der Waals surface area contributed by atoms with Crippen LogP contribution in [0.5, 0.6) is 5.75 Å². The van der Waals surface area contributed by atoms with Crippen molar-refractivity contribution >= 4 is 37.9 Å². The van der Waals surface area contributed by atoms with Gasteiger partial charge >= 0.3 is 6.18 Å². The fourth-order valence-corrected chi connectivity index (χ4v) is 5.84. The van der Waals surface area contributed by atoms with Crippen molar-refractivity contribution in [1.82, 2.24) is 9.55 Å². The quantitative estimate of drug-likeness (QED) is 0.253. The predicted molar refractivity (Wildman–Crippen MR) is 163 cm³/mol. The third kappa shape index (κ3) is 7.35. The Morgan fingerprint density at radius 3 is 2.51 bits per heavy atom. The van der Waals surface area contributed by atoms with Gasteiger partial charge in [0.25, 0.3) is 0 Å². The second-order valence-electron chi connectivity index (χ2n) is 10.4. The first-order chi connectivity index (χ1) is 20.5. The molecule has 0 atom stereocenters. The first-order valence-corrected chi connectivity index (χ1v) is 15.6. The molecule has 226 valence electrons. The van der Waals surface area contributed by atoms with Gasteiger partial charge in [-0.15, -0.1) is 0 Å². The predicted octanol–water partition coefficient (Wildman–Crippen LogP) is 5.56. The van der Waals surface area contributed by atoms with Crippen molar-refractivity contribution in [1.29, 1.82) is 0 Å². The molecule has 1 saturated heterocycles. The lowest BCUT2D eigenvalue weighted by Crippen LogP contribution is -2.39. The number of anilines is 3. The summed E-state index contributed by atoms with van der Waals surface area (Å²) in [5.41, 5.74) is 1.98. The van der Waals surface area contributed by atoms with Gasteiger partial charge in [0, 0.05) is 48.7 Å². The second-order valence-corrected chi connectivity index (χ2v) is 12.4. The summed E-state index contributed by atoms with van der Waals surface area (Å²) >= 11 is 0. The molecule has 2 N–H and O–H groups in total. The van der Waals surface area contributed by atoms with Crippen molar-refractivity contribution in [2.24, 2.45) is 0 Å². The lowest BCUT2D eigenvalue weighted by atomic mass is 10.0. The molecule has 3 heterocycles. The Bertz CT molecular complexity index is 1750. The standard InChI is InChI=1S/C31H32F3N5O3S/c1-42-29-20-24(43(2,40)41)11-12-27(29)35-16-6-7-23-19-25-26(8-5-9-28(25)39(23)21-31(32,33)34)37-22-13-17-38(18-14-22)30-10-3-4-15-36-30/h3-5,8-12,15,19-20,22,35,37H,13-14,16-18,21H2,1-2H3. The van der Waals surface area contributed by atoms with Crippen LogP contribution in [0.15, 0.2) is 71.8 Å². The fraction of sp³-hybridized carbons (Fsp3) is 0.323. The van der Waals surface area contributed by atoms with E-state index in [0.29, 0.717) is 22.3 Å². The number of sulfone groups is 1. The smallest absolute Gasteiger partial charge is 0.406 e. The summed E-state index contributed by atoms with van der Waals surface area (Å²) in [4.78, 5) is 6.77. The Morgan fingerprint density at radius 1 is 1.05 bits per heavy atom. The van der Waals surface area contributed by atoms with E-state index in [9.17, 15) is 21.6 Å². The van der Waals surface area contributed by atoms with Gasteiger partial charge in [-0.1, -0.05) is 18.1 Å². The van der Waals surface area contributed by atoms with Crippen LogP contribution in [0.25, 0.3) is 10.9 Å². The highest BCUT2D eigenvalue weighted by Crippen LogP contribution is 2.32. The Kier molecular flexibility index (Phi) is 8.73. The lowest BCUT2D eigenvalue weighted by Gasteiger charge is -2.33. The Morgan fingerprint density at radius 2 is 1.84 bits per heavy atom. The van der Waals surface area contributed by atoms with Crippen molar-refractivity contribution in [3.05, 3.63) is 72.6 Å². The number of hydrogen-bond acceptors (Lipinski definition) is 7. The maximum Gasteiger partial charge on any atom is 0.406 e. The molecule has 5 rings (SSSR count). The molecule has 0 spiro atoms. The fourth-order valence-electron chi connectivity index (χ4n) is 5.20. The van der Waals surface area contributed by atoms with Gasteiger partial charge in [-0.3, -0.25) is 0 Å². The molecule has 1 fully saturated rings. The summed E-state index contributed by atoms with van der Waals surface area (Å²) in [6.07, 6.45) is 0.175. The largest absolute Gasteiger partial charge is 0.495 e. The number of methoxy groups -OCH3 is 1. The number of nitrogens with zero attached hydrogens (tertiary/aromatic N) is 3.